The third kappa shape index (κ3) is 1.15. The van der Waals surface area contributed by atoms with Crippen LogP contribution in [0.2, 0.25) is 0 Å². The van der Waals surface area contributed by atoms with Crippen LogP contribution < -0.4 is 0 Å². The predicted molar refractivity (Wildman–Crippen MR) is 40.0 cm³/mol. The maximum Gasteiger partial charge on any atom is 0.157 e. The highest BCUT2D eigenvalue weighted by Crippen LogP contribution is 2.23. The molecule has 0 spiro atoms. The summed E-state index contributed by atoms with van der Waals surface area (Å²) in [7, 11) is 0. The van der Waals surface area contributed by atoms with Crippen LogP contribution in [0.25, 0.3) is 0 Å². The number of thioether (sulfide) groups is 1. The van der Waals surface area contributed by atoms with Crippen LogP contribution in [0.1, 0.15) is 13.8 Å². The van der Waals surface area contributed by atoms with Crippen LogP contribution in [0.3, 0.4) is 0 Å². The first kappa shape index (κ1) is 6.81. The molecule has 2 nitrogen and oxygen atoms in total. The summed E-state index contributed by atoms with van der Waals surface area (Å²) >= 11 is 1.60. The summed E-state index contributed by atoms with van der Waals surface area (Å²) in [5.74, 6) is 0.964. The van der Waals surface area contributed by atoms with E-state index in [2.05, 4.69) is 4.99 Å². The van der Waals surface area contributed by atoms with E-state index in [4.69, 9.17) is 0 Å². The highest BCUT2D eigenvalue weighted by molar-refractivity contribution is 8.12. The molecule has 1 atom stereocenters. The monoisotopic (exact) mass is 143 g/mol. The highest BCUT2D eigenvalue weighted by Gasteiger charge is 2.31. The lowest BCUT2D eigenvalue weighted by Crippen LogP contribution is -2.31. The molecule has 0 amide bonds. The summed E-state index contributed by atoms with van der Waals surface area (Å²) in [6.45, 7) is 3.45. The SMILES string of the molecule is CC(=O)C1(C)CSC=N1. The lowest BCUT2D eigenvalue weighted by atomic mass is 10.0. The second-order valence-electron chi connectivity index (χ2n) is 2.38. The lowest BCUT2D eigenvalue weighted by molar-refractivity contribution is -0.120. The molecule has 3 heteroatoms. The minimum atomic E-state index is -0.412. The molecule has 1 rings (SSSR count). The summed E-state index contributed by atoms with van der Waals surface area (Å²) in [5.41, 5.74) is 1.34. The number of carbonyl (C=O) groups excluding carboxylic acids is 1. The van der Waals surface area contributed by atoms with Gasteiger partial charge < -0.3 is 0 Å². The van der Waals surface area contributed by atoms with Crippen LogP contribution in [0.15, 0.2) is 4.99 Å². The van der Waals surface area contributed by atoms with E-state index in [1.807, 2.05) is 6.92 Å². The molecule has 1 unspecified atom stereocenters. The van der Waals surface area contributed by atoms with Gasteiger partial charge in [0.1, 0.15) is 5.54 Å². The molecule has 1 aliphatic rings. The molecule has 9 heavy (non-hydrogen) atoms. The van der Waals surface area contributed by atoms with Crippen LogP contribution in [-0.4, -0.2) is 22.6 Å². The van der Waals surface area contributed by atoms with Crippen molar-refractivity contribution in [2.75, 3.05) is 5.75 Å². The number of carbonyl (C=O) groups is 1. The number of rotatable bonds is 1. The Morgan fingerprint density at radius 3 is 2.78 bits per heavy atom. The molecule has 0 aromatic rings. The third-order valence-electron chi connectivity index (χ3n) is 1.54. The van der Waals surface area contributed by atoms with E-state index in [-0.39, 0.29) is 5.78 Å². The Hall–Kier alpha value is -0.310. The highest BCUT2D eigenvalue weighted by atomic mass is 32.2. The van der Waals surface area contributed by atoms with E-state index in [0.717, 1.165) is 5.75 Å². The Balaban J connectivity index is 2.74. The molecule has 0 N–H and O–H groups in total. The molecule has 0 aromatic heterocycles. The summed E-state index contributed by atoms with van der Waals surface area (Å²) in [6.07, 6.45) is 0. The van der Waals surface area contributed by atoms with E-state index in [9.17, 15) is 4.79 Å². The van der Waals surface area contributed by atoms with Gasteiger partial charge in [0.05, 0.1) is 5.55 Å². The van der Waals surface area contributed by atoms with Crippen molar-refractivity contribution in [3.05, 3.63) is 0 Å². The average Bonchev–Trinajstić information content (AvgIpc) is 2.16. The van der Waals surface area contributed by atoms with Gasteiger partial charge in [-0.25, -0.2) is 0 Å². The Bertz CT molecular complexity index is 166. The Kier molecular flexibility index (Phi) is 1.62. The number of nitrogens with zero attached hydrogens (tertiary/aromatic N) is 1. The molecular formula is C6H9NOS. The Morgan fingerprint density at radius 2 is 2.56 bits per heavy atom. The maximum atomic E-state index is 10.8. The molecule has 0 radical (unpaired) electrons. The largest absolute Gasteiger partial charge is 0.297 e. The van der Waals surface area contributed by atoms with Crippen molar-refractivity contribution >= 4 is 23.1 Å². The van der Waals surface area contributed by atoms with Gasteiger partial charge in [0.15, 0.2) is 5.78 Å². The minimum Gasteiger partial charge on any atom is -0.297 e. The molecule has 0 bridgehead atoms. The zero-order valence-corrected chi connectivity index (χ0v) is 6.36. The van der Waals surface area contributed by atoms with Crippen molar-refractivity contribution in [3.63, 3.8) is 0 Å². The summed E-state index contributed by atoms with van der Waals surface area (Å²) in [4.78, 5) is 14.9. The number of hydrogen-bond acceptors (Lipinski definition) is 3. The summed E-state index contributed by atoms with van der Waals surface area (Å²) in [5, 5.41) is 0. The van der Waals surface area contributed by atoms with Gasteiger partial charge in [-0.05, 0) is 13.8 Å². The van der Waals surface area contributed by atoms with Gasteiger partial charge in [-0.2, -0.15) is 0 Å². The fourth-order valence-electron chi connectivity index (χ4n) is 0.583. The van der Waals surface area contributed by atoms with Crippen molar-refractivity contribution in [3.8, 4) is 0 Å². The molecule has 0 aliphatic carbocycles. The maximum absolute atomic E-state index is 10.8. The molecule has 0 saturated carbocycles. The molecule has 50 valence electrons. The summed E-state index contributed by atoms with van der Waals surface area (Å²) in [6, 6.07) is 0. The number of hydrogen-bond donors (Lipinski definition) is 0. The molecule has 1 heterocycles. The van der Waals surface area contributed by atoms with E-state index in [1.165, 1.54) is 0 Å². The second kappa shape index (κ2) is 2.14. The Morgan fingerprint density at radius 1 is 1.89 bits per heavy atom. The van der Waals surface area contributed by atoms with Gasteiger partial charge in [-0.1, -0.05) is 0 Å². The normalized spacial score (nSPS) is 33.1. The number of Topliss-reactive ketones (excluding diaryl/α,β-unsaturated/α-hetero) is 1. The second-order valence-corrected chi connectivity index (χ2v) is 3.21. The zero-order valence-electron chi connectivity index (χ0n) is 5.55. The van der Waals surface area contributed by atoms with Gasteiger partial charge in [0.2, 0.25) is 0 Å². The van der Waals surface area contributed by atoms with E-state index in [0.29, 0.717) is 0 Å². The minimum absolute atomic E-state index is 0.156. The van der Waals surface area contributed by atoms with Crippen LogP contribution >= 0.6 is 11.8 Å². The first-order valence-electron chi connectivity index (χ1n) is 2.81. The average molecular weight is 143 g/mol. The van der Waals surface area contributed by atoms with Crippen molar-refractivity contribution in [2.24, 2.45) is 4.99 Å². The van der Waals surface area contributed by atoms with Crippen LogP contribution in [0.4, 0.5) is 0 Å². The standard InChI is InChI=1S/C6H9NOS/c1-5(8)6(2)3-9-4-7-6/h4H,3H2,1-2H3. The van der Waals surface area contributed by atoms with Crippen molar-refractivity contribution < 1.29 is 4.79 Å². The van der Waals surface area contributed by atoms with E-state index in [1.54, 1.807) is 24.2 Å². The van der Waals surface area contributed by atoms with Gasteiger partial charge in [0.25, 0.3) is 0 Å². The fraction of sp³-hybridized carbons (Fsp3) is 0.667. The number of ketones is 1. The van der Waals surface area contributed by atoms with Gasteiger partial charge in [-0.3, -0.25) is 9.79 Å². The van der Waals surface area contributed by atoms with Gasteiger partial charge in [0, 0.05) is 5.75 Å². The predicted octanol–water partition coefficient (Wildman–Crippen LogP) is 1.11. The molecule has 0 fully saturated rings. The van der Waals surface area contributed by atoms with Crippen LogP contribution in [0.5, 0.6) is 0 Å². The Labute approximate surface area is 58.7 Å². The van der Waals surface area contributed by atoms with E-state index < -0.39 is 5.54 Å². The number of aliphatic imine (C=N–C) groups is 1. The first-order valence-corrected chi connectivity index (χ1v) is 3.86. The molecule has 0 aromatic carbocycles. The van der Waals surface area contributed by atoms with Crippen LogP contribution in [-0.2, 0) is 4.79 Å². The first-order chi connectivity index (χ1) is 4.15. The van der Waals surface area contributed by atoms with Crippen LogP contribution in [0, 0.1) is 0 Å². The molecule has 1 aliphatic heterocycles. The topological polar surface area (TPSA) is 29.4 Å². The lowest BCUT2D eigenvalue weighted by Gasteiger charge is -2.13. The van der Waals surface area contributed by atoms with Crippen molar-refractivity contribution in [2.45, 2.75) is 19.4 Å². The van der Waals surface area contributed by atoms with Gasteiger partial charge >= 0.3 is 0 Å². The third-order valence-corrected chi connectivity index (χ3v) is 2.52. The molecule has 0 saturated heterocycles. The molecular weight excluding hydrogens is 134 g/mol. The summed E-state index contributed by atoms with van der Waals surface area (Å²) < 4.78 is 0. The zero-order chi connectivity index (χ0) is 6.91. The fourth-order valence-corrected chi connectivity index (χ4v) is 1.57. The van der Waals surface area contributed by atoms with Crippen molar-refractivity contribution in [1.29, 1.82) is 0 Å². The van der Waals surface area contributed by atoms with E-state index >= 15 is 0 Å². The quantitative estimate of drug-likeness (QED) is 0.550. The van der Waals surface area contributed by atoms with Crippen molar-refractivity contribution in [1.82, 2.24) is 0 Å². The van der Waals surface area contributed by atoms with Gasteiger partial charge in [-0.15, -0.1) is 11.8 Å². The smallest absolute Gasteiger partial charge is 0.157 e.